The van der Waals surface area contributed by atoms with E-state index in [1.165, 1.54) is 0 Å². The van der Waals surface area contributed by atoms with E-state index in [0.717, 1.165) is 18.3 Å². The van der Waals surface area contributed by atoms with E-state index in [0.29, 0.717) is 12.1 Å². The third kappa shape index (κ3) is 1.39. The van der Waals surface area contributed by atoms with Crippen molar-refractivity contribution >= 4 is 12.1 Å². The van der Waals surface area contributed by atoms with E-state index in [2.05, 4.69) is 10.6 Å². The van der Waals surface area contributed by atoms with Crippen molar-refractivity contribution in [2.45, 2.75) is 6.42 Å². The molecule has 1 aliphatic rings. The van der Waals surface area contributed by atoms with Crippen molar-refractivity contribution in [2.24, 2.45) is 0 Å². The van der Waals surface area contributed by atoms with E-state index in [1.807, 2.05) is 0 Å². The summed E-state index contributed by atoms with van der Waals surface area (Å²) in [5.74, 6) is -0.157. The minimum absolute atomic E-state index is 0.157. The fraction of sp³-hybridized carbons (Fsp3) is 0.429. The first-order valence-corrected chi connectivity index (χ1v) is 3.49. The van der Waals surface area contributed by atoms with Gasteiger partial charge in [0.2, 0.25) is 0 Å². The second-order valence-electron chi connectivity index (χ2n) is 2.29. The minimum Gasteiger partial charge on any atom is -0.391 e. The van der Waals surface area contributed by atoms with Gasteiger partial charge in [-0.3, -0.25) is 4.79 Å². The number of amides is 1. The molecule has 0 aromatic carbocycles. The number of hydrogen-bond acceptors (Lipinski definition) is 3. The highest BCUT2D eigenvalue weighted by Gasteiger charge is 2.16. The maximum absolute atomic E-state index is 11.0. The molecule has 0 atom stereocenters. The zero-order valence-corrected chi connectivity index (χ0v) is 6.40. The molecule has 1 heterocycles. The van der Waals surface area contributed by atoms with Gasteiger partial charge >= 0.3 is 0 Å². The molecule has 0 bridgehead atoms. The van der Waals surface area contributed by atoms with Gasteiger partial charge in [-0.25, -0.2) is 0 Å². The van der Waals surface area contributed by atoms with Gasteiger partial charge in [0.25, 0.3) is 5.91 Å². The topological polar surface area (TPSA) is 65.0 Å². The molecule has 0 saturated carbocycles. The lowest BCUT2D eigenvalue weighted by Gasteiger charge is -2.17. The molecular weight excluding hydrogens is 142 g/mol. The molecule has 60 valence electrons. The molecule has 1 rings (SSSR count). The van der Waals surface area contributed by atoms with Crippen molar-refractivity contribution < 1.29 is 4.79 Å². The fourth-order valence-corrected chi connectivity index (χ4v) is 1.08. The van der Waals surface area contributed by atoms with Gasteiger partial charge in [-0.1, -0.05) is 0 Å². The van der Waals surface area contributed by atoms with Crippen molar-refractivity contribution in [3.05, 3.63) is 11.3 Å². The van der Waals surface area contributed by atoms with Gasteiger partial charge in [-0.15, -0.1) is 0 Å². The average molecular weight is 153 g/mol. The largest absolute Gasteiger partial charge is 0.391 e. The van der Waals surface area contributed by atoms with Crippen molar-refractivity contribution in [1.82, 2.24) is 10.6 Å². The van der Waals surface area contributed by atoms with Gasteiger partial charge in [0.1, 0.15) is 0 Å². The summed E-state index contributed by atoms with van der Waals surface area (Å²) in [7, 11) is 1.76. The Hall–Kier alpha value is -1.32. The maximum atomic E-state index is 11.0. The zero-order chi connectivity index (χ0) is 8.27. The summed E-state index contributed by atoms with van der Waals surface area (Å²) >= 11 is 0. The Labute approximate surface area is 65.2 Å². The van der Waals surface area contributed by atoms with Crippen LogP contribution in [0.1, 0.15) is 6.42 Å². The molecule has 1 aliphatic heterocycles. The van der Waals surface area contributed by atoms with Gasteiger partial charge in [0.05, 0.1) is 5.57 Å². The summed E-state index contributed by atoms with van der Waals surface area (Å²) in [6.45, 7) is 0.659. The van der Waals surface area contributed by atoms with Gasteiger partial charge in [-0.05, 0) is 0 Å². The predicted octanol–water partition coefficient (Wildman–Crippen LogP) is -0.371. The molecule has 1 amide bonds. The van der Waals surface area contributed by atoms with E-state index in [1.54, 1.807) is 7.05 Å². The van der Waals surface area contributed by atoms with Crippen LogP contribution >= 0.6 is 0 Å². The Kier molecular flexibility index (Phi) is 2.25. The SMILES string of the molecule is CNC1=C(C=N)C(=O)NCC1. The molecule has 4 nitrogen and oxygen atoms in total. The normalized spacial score (nSPS) is 17.7. The fourth-order valence-electron chi connectivity index (χ4n) is 1.08. The summed E-state index contributed by atoms with van der Waals surface area (Å²) in [5.41, 5.74) is 1.29. The van der Waals surface area contributed by atoms with Crippen LogP contribution in [0, 0.1) is 5.41 Å². The highest BCUT2D eigenvalue weighted by molar-refractivity contribution is 6.12. The Bertz CT molecular complexity index is 220. The molecular formula is C7H11N3O. The van der Waals surface area contributed by atoms with E-state index < -0.39 is 0 Å². The molecule has 0 aromatic heterocycles. The molecule has 0 unspecified atom stereocenters. The number of nitrogens with one attached hydrogen (secondary N) is 3. The summed E-state index contributed by atoms with van der Waals surface area (Å²) < 4.78 is 0. The Morgan fingerprint density at radius 3 is 2.91 bits per heavy atom. The molecule has 0 saturated heterocycles. The molecule has 0 spiro atoms. The maximum Gasteiger partial charge on any atom is 0.254 e. The molecule has 0 radical (unpaired) electrons. The zero-order valence-electron chi connectivity index (χ0n) is 6.40. The van der Waals surface area contributed by atoms with E-state index >= 15 is 0 Å². The van der Waals surface area contributed by atoms with Crippen LogP contribution in [-0.2, 0) is 4.79 Å². The van der Waals surface area contributed by atoms with Crippen LogP contribution < -0.4 is 10.6 Å². The first kappa shape index (κ1) is 7.78. The summed E-state index contributed by atoms with van der Waals surface area (Å²) in [4.78, 5) is 11.0. The highest BCUT2D eigenvalue weighted by Crippen LogP contribution is 2.07. The number of hydrogen-bond donors (Lipinski definition) is 3. The molecule has 3 N–H and O–H groups in total. The van der Waals surface area contributed by atoms with Gasteiger partial charge in [-0.2, -0.15) is 0 Å². The van der Waals surface area contributed by atoms with Crippen LogP contribution in [0.5, 0.6) is 0 Å². The number of carbonyl (C=O) groups excluding carboxylic acids is 1. The monoisotopic (exact) mass is 153 g/mol. The lowest BCUT2D eigenvalue weighted by atomic mass is 10.1. The average Bonchev–Trinajstić information content (AvgIpc) is 2.04. The van der Waals surface area contributed by atoms with Gasteiger partial charge in [0, 0.05) is 31.9 Å². The van der Waals surface area contributed by atoms with Gasteiger partial charge < -0.3 is 16.0 Å². The first-order chi connectivity index (χ1) is 5.29. The standard InChI is InChI=1S/C7H11N3O/c1-9-6-2-3-10-7(11)5(6)4-8/h4,8-9H,2-3H2,1H3,(H,10,11). The van der Waals surface area contributed by atoms with Crippen LogP contribution in [-0.4, -0.2) is 25.7 Å². The van der Waals surface area contributed by atoms with Crippen LogP contribution in [0.4, 0.5) is 0 Å². The summed E-state index contributed by atoms with van der Waals surface area (Å²) in [6.07, 6.45) is 1.87. The Morgan fingerprint density at radius 1 is 1.73 bits per heavy atom. The van der Waals surface area contributed by atoms with Crippen molar-refractivity contribution in [1.29, 1.82) is 5.41 Å². The second-order valence-corrected chi connectivity index (χ2v) is 2.29. The number of rotatable bonds is 2. The molecule has 0 aliphatic carbocycles. The highest BCUT2D eigenvalue weighted by atomic mass is 16.1. The van der Waals surface area contributed by atoms with E-state index in [4.69, 9.17) is 5.41 Å². The van der Waals surface area contributed by atoms with Crippen LogP contribution in [0.3, 0.4) is 0 Å². The predicted molar refractivity (Wildman–Crippen MR) is 42.5 cm³/mol. The van der Waals surface area contributed by atoms with Crippen molar-refractivity contribution in [2.75, 3.05) is 13.6 Å². The van der Waals surface area contributed by atoms with Crippen molar-refractivity contribution in [3.8, 4) is 0 Å². The summed E-state index contributed by atoms with van der Waals surface area (Å²) in [5, 5.41) is 12.5. The van der Waals surface area contributed by atoms with Crippen LogP contribution in [0.25, 0.3) is 0 Å². The molecule has 4 heteroatoms. The quantitative estimate of drug-likeness (QED) is 0.474. The van der Waals surface area contributed by atoms with E-state index in [-0.39, 0.29) is 5.91 Å². The summed E-state index contributed by atoms with van der Waals surface area (Å²) in [6, 6.07) is 0. The minimum atomic E-state index is -0.157. The smallest absolute Gasteiger partial charge is 0.254 e. The van der Waals surface area contributed by atoms with Crippen LogP contribution in [0.2, 0.25) is 0 Å². The Balaban J connectivity index is 2.94. The third-order valence-corrected chi connectivity index (χ3v) is 1.68. The number of carbonyl (C=O) groups is 1. The first-order valence-electron chi connectivity index (χ1n) is 3.49. The van der Waals surface area contributed by atoms with Gasteiger partial charge in [0.15, 0.2) is 0 Å². The Morgan fingerprint density at radius 2 is 2.45 bits per heavy atom. The molecule has 0 fully saturated rings. The lowest BCUT2D eigenvalue weighted by molar-refractivity contribution is -0.117. The molecule has 11 heavy (non-hydrogen) atoms. The molecule has 0 aromatic rings. The lowest BCUT2D eigenvalue weighted by Crippen LogP contribution is -2.35. The second kappa shape index (κ2) is 3.18. The van der Waals surface area contributed by atoms with Crippen LogP contribution in [0.15, 0.2) is 11.3 Å². The van der Waals surface area contributed by atoms with E-state index in [9.17, 15) is 4.79 Å². The third-order valence-electron chi connectivity index (χ3n) is 1.68. The van der Waals surface area contributed by atoms with Crippen molar-refractivity contribution in [3.63, 3.8) is 0 Å².